The Morgan fingerprint density at radius 1 is 1.21 bits per heavy atom. The van der Waals surface area contributed by atoms with Crippen molar-refractivity contribution in [2.45, 2.75) is 6.10 Å². The largest absolute Gasteiger partial charge is 0.491 e. The molecule has 0 saturated heterocycles. The Morgan fingerprint density at radius 2 is 1.96 bits per heavy atom. The minimum atomic E-state index is -0.841. The van der Waals surface area contributed by atoms with Crippen LogP contribution in [0, 0.1) is 0 Å². The number of carbonyl (C=O) groups excluding carboxylic acids is 1. The highest BCUT2D eigenvalue weighted by Crippen LogP contribution is 2.35. The minimum absolute atomic E-state index is 0.0422. The van der Waals surface area contributed by atoms with Gasteiger partial charge < -0.3 is 24.6 Å². The van der Waals surface area contributed by atoms with Gasteiger partial charge in [0.25, 0.3) is 5.91 Å². The number of carbonyl (C=O) groups is 1. The minimum Gasteiger partial charge on any atom is -0.491 e. The maximum Gasteiger partial charge on any atom is 0.251 e. The Hall–Kier alpha value is -2.44. The number of fused-ring (bicyclic) bond motifs is 1. The van der Waals surface area contributed by atoms with Gasteiger partial charge in [-0.25, -0.2) is 0 Å². The van der Waals surface area contributed by atoms with Crippen LogP contribution in [-0.4, -0.2) is 37.1 Å². The first-order chi connectivity index (χ1) is 11.6. The second kappa shape index (κ2) is 7.42. The van der Waals surface area contributed by atoms with E-state index in [0.29, 0.717) is 27.8 Å². The molecule has 2 aromatic carbocycles. The van der Waals surface area contributed by atoms with Crippen LogP contribution in [0.2, 0.25) is 5.02 Å². The summed E-state index contributed by atoms with van der Waals surface area (Å²) in [5, 5.41) is 13.1. The van der Waals surface area contributed by atoms with Crippen LogP contribution in [0.4, 0.5) is 0 Å². The van der Waals surface area contributed by atoms with E-state index in [1.165, 1.54) is 0 Å². The summed E-state index contributed by atoms with van der Waals surface area (Å²) in [5.74, 6) is 1.55. The number of rotatable bonds is 6. The van der Waals surface area contributed by atoms with Gasteiger partial charge in [-0.3, -0.25) is 4.79 Å². The first-order valence-corrected chi connectivity index (χ1v) is 7.74. The lowest BCUT2D eigenvalue weighted by molar-refractivity contribution is 0.0843. The van der Waals surface area contributed by atoms with Gasteiger partial charge in [0.2, 0.25) is 6.79 Å². The van der Waals surface area contributed by atoms with E-state index >= 15 is 0 Å². The fourth-order valence-corrected chi connectivity index (χ4v) is 2.26. The van der Waals surface area contributed by atoms with E-state index in [2.05, 4.69) is 5.32 Å². The van der Waals surface area contributed by atoms with Crippen molar-refractivity contribution in [1.29, 1.82) is 0 Å². The molecule has 0 aromatic heterocycles. The molecule has 1 heterocycles. The summed E-state index contributed by atoms with van der Waals surface area (Å²) < 4.78 is 16.0. The molecule has 0 bridgehead atoms. The molecule has 126 valence electrons. The number of aliphatic hydroxyl groups is 1. The zero-order valence-electron chi connectivity index (χ0n) is 12.7. The van der Waals surface area contributed by atoms with Crippen LogP contribution >= 0.6 is 11.6 Å². The predicted octanol–water partition coefficient (Wildman–Crippen LogP) is 2.24. The normalized spacial score (nSPS) is 13.4. The number of hydrogen-bond donors (Lipinski definition) is 2. The number of amides is 1. The first kappa shape index (κ1) is 16.4. The molecule has 1 amide bonds. The molecule has 1 aliphatic rings. The Balaban J connectivity index is 1.45. The lowest BCUT2D eigenvalue weighted by atomic mass is 10.2. The average molecular weight is 350 g/mol. The van der Waals surface area contributed by atoms with Crippen molar-refractivity contribution in [2.75, 3.05) is 19.9 Å². The zero-order valence-corrected chi connectivity index (χ0v) is 13.5. The van der Waals surface area contributed by atoms with Crippen molar-refractivity contribution in [3.05, 3.63) is 53.1 Å². The molecule has 1 aliphatic heterocycles. The first-order valence-electron chi connectivity index (χ1n) is 7.36. The van der Waals surface area contributed by atoms with Gasteiger partial charge in [-0.15, -0.1) is 0 Å². The third-order valence-corrected chi connectivity index (χ3v) is 3.64. The van der Waals surface area contributed by atoms with Gasteiger partial charge in [-0.1, -0.05) is 11.6 Å². The Labute approximate surface area is 143 Å². The van der Waals surface area contributed by atoms with Crippen molar-refractivity contribution in [2.24, 2.45) is 0 Å². The van der Waals surface area contributed by atoms with Crippen molar-refractivity contribution in [3.63, 3.8) is 0 Å². The summed E-state index contributed by atoms with van der Waals surface area (Å²) >= 11 is 5.77. The van der Waals surface area contributed by atoms with Crippen LogP contribution in [-0.2, 0) is 0 Å². The summed E-state index contributed by atoms with van der Waals surface area (Å²) in [6.45, 7) is 0.310. The fourth-order valence-electron chi connectivity index (χ4n) is 2.13. The van der Waals surface area contributed by atoms with Crippen molar-refractivity contribution < 1.29 is 24.1 Å². The van der Waals surface area contributed by atoms with Crippen LogP contribution in [0.3, 0.4) is 0 Å². The van der Waals surface area contributed by atoms with E-state index in [1.54, 1.807) is 42.5 Å². The summed E-state index contributed by atoms with van der Waals surface area (Å²) in [5.41, 5.74) is 0.475. The van der Waals surface area contributed by atoms with Crippen LogP contribution in [0.5, 0.6) is 17.2 Å². The van der Waals surface area contributed by atoms with Crippen LogP contribution < -0.4 is 19.5 Å². The lowest BCUT2D eigenvalue weighted by Gasteiger charge is -2.13. The molecule has 0 aliphatic carbocycles. The van der Waals surface area contributed by atoms with E-state index in [4.69, 9.17) is 25.8 Å². The predicted molar refractivity (Wildman–Crippen MR) is 87.9 cm³/mol. The standard InChI is InChI=1S/C17H16ClNO5/c18-12-3-1-11(2-4-12)17(21)19-8-13(20)9-22-14-5-6-15-16(7-14)24-10-23-15/h1-7,13,20H,8-10H2,(H,19,21). The van der Waals surface area contributed by atoms with Crippen LogP contribution in [0.15, 0.2) is 42.5 Å². The quantitative estimate of drug-likeness (QED) is 0.836. The van der Waals surface area contributed by atoms with Gasteiger partial charge in [0, 0.05) is 23.2 Å². The molecule has 2 aromatic rings. The molecule has 6 nitrogen and oxygen atoms in total. The highest BCUT2D eigenvalue weighted by molar-refractivity contribution is 6.30. The number of halogens is 1. The third kappa shape index (κ3) is 4.10. The average Bonchev–Trinajstić information content (AvgIpc) is 3.06. The molecule has 1 atom stereocenters. The number of aliphatic hydroxyl groups excluding tert-OH is 1. The van der Waals surface area contributed by atoms with Crippen molar-refractivity contribution in [3.8, 4) is 17.2 Å². The number of benzene rings is 2. The van der Waals surface area contributed by atoms with Crippen molar-refractivity contribution >= 4 is 17.5 Å². The Bertz CT molecular complexity index is 719. The van der Waals surface area contributed by atoms with Gasteiger partial charge in [0.1, 0.15) is 18.5 Å². The summed E-state index contributed by atoms with van der Waals surface area (Å²) in [7, 11) is 0. The molecule has 0 saturated carbocycles. The highest BCUT2D eigenvalue weighted by atomic mass is 35.5. The van der Waals surface area contributed by atoms with E-state index in [1.807, 2.05) is 0 Å². The van der Waals surface area contributed by atoms with E-state index in [-0.39, 0.29) is 25.9 Å². The van der Waals surface area contributed by atoms with Crippen molar-refractivity contribution in [1.82, 2.24) is 5.32 Å². The van der Waals surface area contributed by atoms with E-state index < -0.39 is 6.10 Å². The summed E-state index contributed by atoms with van der Waals surface area (Å²) in [4.78, 5) is 11.9. The van der Waals surface area contributed by atoms with Gasteiger partial charge >= 0.3 is 0 Å². The highest BCUT2D eigenvalue weighted by Gasteiger charge is 2.15. The lowest BCUT2D eigenvalue weighted by Crippen LogP contribution is -2.35. The van der Waals surface area contributed by atoms with E-state index in [0.717, 1.165) is 0 Å². The fraction of sp³-hybridized carbons (Fsp3) is 0.235. The number of nitrogens with one attached hydrogen (secondary N) is 1. The molecule has 0 spiro atoms. The molecule has 24 heavy (non-hydrogen) atoms. The smallest absolute Gasteiger partial charge is 0.251 e. The third-order valence-electron chi connectivity index (χ3n) is 3.39. The maximum atomic E-state index is 11.9. The SMILES string of the molecule is O=C(NCC(O)COc1ccc2c(c1)OCO2)c1ccc(Cl)cc1. The Morgan fingerprint density at radius 3 is 2.75 bits per heavy atom. The molecular weight excluding hydrogens is 334 g/mol. The second-order valence-corrected chi connectivity index (χ2v) is 5.63. The number of hydrogen-bond acceptors (Lipinski definition) is 5. The van der Waals surface area contributed by atoms with Crippen LogP contribution in [0.25, 0.3) is 0 Å². The molecule has 2 N–H and O–H groups in total. The van der Waals surface area contributed by atoms with Gasteiger partial charge in [0.15, 0.2) is 11.5 Å². The molecule has 7 heteroatoms. The molecular formula is C17H16ClNO5. The van der Waals surface area contributed by atoms with E-state index in [9.17, 15) is 9.90 Å². The summed E-state index contributed by atoms with van der Waals surface area (Å²) in [6.07, 6.45) is -0.841. The van der Waals surface area contributed by atoms with Gasteiger partial charge in [-0.05, 0) is 36.4 Å². The monoisotopic (exact) mass is 349 g/mol. The molecule has 1 unspecified atom stereocenters. The summed E-state index contributed by atoms with van der Waals surface area (Å²) in [6, 6.07) is 11.7. The van der Waals surface area contributed by atoms with Gasteiger partial charge in [-0.2, -0.15) is 0 Å². The Kier molecular flexibility index (Phi) is 5.08. The zero-order chi connectivity index (χ0) is 16.9. The second-order valence-electron chi connectivity index (χ2n) is 5.20. The van der Waals surface area contributed by atoms with Crippen LogP contribution in [0.1, 0.15) is 10.4 Å². The molecule has 0 radical (unpaired) electrons. The molecule has 3 rings (SSSR count). The number of ether oxygens (including phenoxy) is 3. The maximum absolute atomic E-state index is 11.9. The molecule has 0 fully saturated rings. The topological polar surface area (TPSA) is 77.0 Å². The van der Waals surface area contributed by atoms with Gasteiger partial charge in [0.05, 0.1) is 0 Å².